The van der Waals surface area contributed by atoms with E-state index in [-0.39, 0.29) is 11.8 Å². The van der Waals surface area contributed by atoms with E-state index >= 15 is 0 Å². The zero-order valence-electron chi connectivity index (χ0n) is 12.4. The summed E-state index contributed by atoms with van der Waals surface area (Å²) in [5.41, 5.74) is 2.56. The van der Waals surface area contributed by atoms with Crippen LogP contribution < -0.4 is 0 Å². The van der Waals surface area contributed by atoms with Gasteiger partial charge in [-0.1, -0.05) is 45.0 Å². The minimum absolute atomic E-state index is 0.0359. The smallest absolute Gasteiger partial charge is 0.247 e. The summed E-state index contributed by atoms with van der Waals surface area (Å²) in [4.78, 5) is 12.0. The van der Waals surface area contributed by atoms with Gasteiger partial charge in [0.15, 0.2) is 0 Å². The Morgan fingerprint density at radius 1 is 1.20 bits per heavy atom. The standard InChI is InChI=1S/C17H22N2O/c1-13(2)11-15-5-7-16(8-6-15)14(3)12-17(20)19-10-4-9-18-19/h4-10,13-14H,11-12H2,1-3H3/t14-/m1/s1. The first-order valence-corrected chi connectivity index (χ1v) is 7.18. The lowest BCUT2D eigenvalue weighted by atomic mass is 9.94. The van der Waals surface area contributed by atoms with Crippen molar-refractivity contribution in [2.24, 2.45) is 5.92 Å². The van der Waals surface area contributed by atoms with Crippen LogP contribution in [-0.2, 0) is 6.42 Å². The molecular formula is C17H22N2O. The Balaban J connectivity index is 1.98. The lowest BCUT2D eigenvalue weighted by molar-refractivity contribution is 0.0879. The van der Waals surface area contributed by atoms with Gasteiger partial charge in [-0.15, -0.1) is 0 Å². The molecule has 0 unspecified atom stereocenters. The number of carbonyl (C=O) groups is 1. The Hall–Kier alpha value is -1.90. The van der Waals surface area contributed by atoms with Crippen molar-refractivity contribution < 1.29 is 4.79 Å². The molecule has 1 heterocycles. The minimum Gasteiger partial charge on any atom is -0.273 e. The third-order valence-corrected chi connectivity index (χ3v) is 3.43. The largest absolute Gasteiger partial charge is 0.273 e. The van der Waals surface area contributed by atoms with E-state index in [0.717, 1.165) is 6.42 Å². The zero-order chi connectivity index (χ0) is 14.5. The molecule has 0 radical (unpaired) electrons. The highest BCUT2D eigenvalue weighted by Crippen LogP contribution is 2.21. The number of hydrogen-bond acceptors (Lipinski definition) is 2. The number of nitrogens with zero attached hydrogens (tertiary/aromatic N) is 2. The van der Waals surface area contributed by atoms with Crippen molar-refractivity contribution in [3.05, 3.63) is 53.9 Å². The maximum Gasteiger partial charge on any atom is 0.247 e. The van der Waals surface area contributed by atoms with Crippen LogP contribution in [0.4, 0.5) is 0 Å². The predicted octanol–water partition coefficient (Wildman–Crippen LogP) is 3.92. The fourth-order valence-electron chi connectivity index (χ4n) is 2.34. The van der Waals surface area contributed by atoms with Crippen LogP contribution in [0.3, 0.4) is 0 Å². The molecule has 20 heavy (non-hydrogen) atoms. The molecule has 1 aromatic carbocycles. The average molecular weight is 270 g/mol. The monoisotopic (exact) mass is 270 g/mol. The molecule has 0 saturated carbocycles. The number of carbonyl (C=O) groups excluding carboxylic acids is 1. The molecule has 0 bridgehead atoms. The van der Waals surface area contributed by atoms with Crippen molar-refractivity contribution in [1.29, 1.82) is 0 Å². The molecule has 106 valence electrons. The van der Waals surface area contributed by atoms with Crippen molar-refractivity contribution in [3.63, 3.8) is 0 Å². The van der Waals surface area contributed by atoms with E-state index in [9.17, 15) is 4.79 Å². The first kappa shape index (κ1) is 14.5. The van der Waals surface area contributed by atoms with Gasteiger partial charge in [-0.05, 0) is 35.4 Å². The summed E-state index contributed by atoms with van der Waals surface area (Å²) in [6, 6.07) is 10.4. The van der Waals surface area contributed by atoms with Crippen molar-refractivity contribution in [2.75, 3.05) is 0 Å². The normalized spacial score (nSPS) is 12.6. The SMILES string of the molecule is CC(C)Cc1ccc([C@H](C)CC(=O)n2cccn2)cc1. The van der Waals surface area contributed by atoms with Crippen LogP contribution in [-0.4, -0.2) is 15.7 Å². The summed E-state index contributed by atoms with van der Waals surface area (Å²) in [6.07, 6.45) is 4.90. The van der Waals surface area contributed by atoms with Crippen LogP contribution in [0.2, 0.25) is 0 Å². The van der Waals surface area contributed by atoms with Crippen molar-refractivity contribution in [1.82, 2.24) is 9.78 Å². The second kappa shape index (κ2) is 6.51. The topological polar surface area (TPSA) is 34.9 Å². The van der Waals surface area contributed by atoms with Gasteiger partial charge >= 0.3 is 0 Å². The number of benzene rings is 1. The highest BCUT2D eigenvalue weighted by atomic mass is 16.2. The van der Waals surface area contributed by atoms with Crippen LogP contribution in [0.25, 0.3) is 0 Å². The van der Waals surface area contributed by atoms with E-state index in [0.29, 0.717) is 12.3 Å². The number of rotatable bonds is 5. The average Bonchev–Trinajstić information content (AvgIpc) is 2.92. The summed E-state index contributed by atoms with van der Waals surface area (Å²) in [5.74, 6) is 0.910. The molecule has 0 saturated heterocycles. The van der Waals surface area contributed by atoms with E-state index < -0.39 is 0 Å². The highest BCUT2D eigenvalue weighted by molar-refractivity contribution is 5.78. The van der Waals surface area contributed by atoms with E-state index in [1.54, 1.807) is 18.5 Å². The van der Waals surface area contributed by atoms with Gasteiger partial charge in [-0.2, -0.15) is 5.10 Å². The molecule has 0 amide bonds. The molecule has 0 aliphatic heterocycles. The van der Waals surface area contributed by atoms with Crippen molar-refractivity contribution >= 4 is 5.91 Å². The fraction of sp³-hybridized carbons (Fsp3) is 0.412. The van der Waals surface area contributed by atoms with E-state index in [4.69, 9.17) is 0 Å². The molecule has 1 atom stereocenters. The Morgan fingerprint density at radius 3 is 2.45 bits per heavy atom. The maximum absolute atomic E-state index is 12.0. The van der Waals surface area contributed by atoms with Gasteiger partial charge < -0.3 is 0 Å². The van der Waals surface area contributed by atoms with Crippen molar-refractivity contribution in [3.8, 4) is 0 Å². The summed E-state index contributed by atoms with van der Waals surface area (Å²) in [6.45, 7) is 6.53. The van der Waals surface area contributed by atoms with E-state index in [2.05, 4.69) is 50.1 Å². The maximum atomic E-state index is 12.0. The van der Waals surface area contributed by atoms with Gasteiger partial charge in [0.2, 0.25) is 5.91 Å². The van der Waals surface area contributed by atoms with Gasteiger partial charge in [0.25, 0.3) is 0 Å². The van der Waals surface area contributed by atoms with Gasteiger partial charge in [-0.3, -0.25) is 4.79 Å². The zero-order valence-corrected chi connectivity index (χ0v) is 12.4. The number of hydrogen-bond donors (Lipinski definition) is 0. The van der Waals surface area contributed by atoms with Crippen LogP contribution in [0, 0.1) is 5.92 Å². The number of aromatic nitrogens is 2. The van der Waals surface area contributed by atoms with E-state index in [1.807, 2.05) is 0 Å². The fourth-order valence-corrected chi connectivity index (χ4v) is 2.34. The quantitative estimate of drug-likeness (QED) is 0.825. The Morgan fingerprint density at radius 2 is 1.90 bits per heavy atom. The molecule has 2 aromatic rings. The molecular weight excluding hydrogens is 248 g/mol. The van der Waals surface area contributed by atoms with Crippen LogP contribution in [0.5, 0.6) is 0 Å². The lowest BCUT2D eigenvalue weighted by Gasteiger charge is -2.12. The molecule has 2 rings (SSSR count). The van der Waals surface area contributed by atoms with Crippen LogP contribution in [0.15, 0.2) is 42.7 Å². The van der Waals surface area contributed by atoms with Gasteiger partial charge in [0, 0.05) is 18.8 Å². The summed E-state index contributed by atoms with van der Waals surface area (Å²) >= 11 is 0. The first-order valence-electron chi connectivity index (χ1n) is 7.18. The van der Waals surface area contributed by atoms with Crippen molar-refractivity contribution in [2.45, 2.75) is 39.5 Å². The lowest BCUT2D eigenvalue weighted by Crippen LogP contribution is -2.13. The second-order valence-electron chi connectivity index (χ2n) is 5.79. The van der Waals surface area contributed by atoms with Crippen LogP contribution in [0.1, 0.15) is 49.0 Å². The molecule has 3 nitrogen and oxygen atoms in total. The van der Waals surface area contributed by atoms with Gasteiger partial charge in [-0.25, -0.2) is 4.68 Å². The summed E-state index contributed by atoms with van der Waals surface area (Å²) in [7, 11) is 0. The predicted molar refractivity (Wildman–Crippen MR) is 80.9 cm³/mol. The summed E-state index contributed by atoms with van der Waals surface area (Å²) in [5, 5.41) is 3.98. The molecule has 1 aromatic heterocycles. The molecule has 0 aliphatic carbocycles. The molecule has 0 aliphatic rings. The van der Waals surface area contributed by atoms with E-state index in [1.165, 1.54) is 15.8 Å². The highest BCUT2D eigenvalue weighted by Gasteiger charge is 2.13. The second-order valence-corrected chi connectivity index (χ2v) is 5.79. The third kappa shape index (κ3) is 3.80. The summed E-state index contributed by atoms with van der Waals surface area (Å²) < 4.78 is 1.41. The molecule has 3 heteroatoms. The third-order valence-electron chi connectivity index (χ3n) is 3.43. The molecule has 0 N–H and O–H groups in total. The Bertz CT molecular complexity index is 541. The minimum atomic E-state index is 0.0359. The van der Waals surface area contributed by atoms with Gasteiger partial charge in [0.05, 0.1) is 0 Å². The Labute approximate surface area is 120 Å². The molecule has 0 fully saturated rings. The van der Waals surface area contributed by atoms with Crippen LogP contribution >= 0.6 is 0 Å². The first-order chi connectivity index (χ1) is 9.56. The molecule has 0 spiro atoms. The Kier molecular flexibility index (Phi) is 4.72. The van der Waals surface area contributed by atoms with Gasteiger partial charge in [0.1, 0.15) is 0 Å².